The van der Waals surface area contributed by atoms with Crippen LogP contribution in [-0.2, 0) is 11.3 Å². The lowest BCUT2D eigenvalue weighted by Gasteiger charge is -2.32. The van der Waals surface area contributed by atoms with Crippen molar-refractivity contribution in [3.8, 4) is 0 Å². The van der Waals surface area contributed by atoms with Gasteiger partial charge in [-0.3, -0.25) is 4.90 Å². The zero-order chi connectivity index (χ0) is 12.1. The Labute approximate surface area is 119 Å². The maximum absolute atomic E-state index is 5.64. The summed E-state index contributed by atoms with van der Waals surface area (Å²) in [4.78, 5) is 3.73. The molecule has 1 aliphatic rings. The Morgan fingerprint density at radius 1 is 1.39 bits per heavy atom. The third-order valence-corrected chi connectivity index (χ3v) is 3.79. The largest absolute Gasteiger partial charge is 0.374 e. The molecule has 0 radical (unpaired) electrons. The molecule has 5 heteroatoms. The topological polar surface area (TPSA) is 38.5 Å². The van der Waals surface area contributed by atoms with Gasteiger partial charge in [0.1, 0.15) is 0 Å². The first-order valence-electron chi connectivity index (χ1n) is 5.99. The van der Waals surface area contributed by atoms with Gasteiger partial charge in [-0.25, -0.2) is 0 Å². The van der Waals surface area contributed by atoms with Crippen LogP contribution < -0.4 is 5.73 Å². The fourth-order valence-electron chi connectivity index (χ4n) is 2.06. The van der Waals surface area contributed by atoms with E-state index in [1.54, 1.807) is 11.8 Å². The normalized spacial score (nSPS) is 20.4. The van der Waals surface area contributed by atoms with Crippen LogP contribution in [0.15, 0.2) is 29.2 Å². The van der Waals surface area contributed by atoms with Gasteiger partial charge >= 0.3 is 0 Å². The summed E-state index contributed by atoms with van der Waals surface area (Å²) >= 11 is 1.78. The predicted octanol–water partition coefficient (Wildman–Crippen LogP) is 1.99. The molecule has 0 spiro atoms. The SMILES string of the molecule is CSc1ccc(CN2CCOC(CN)C2)cc1.Cl. The van der Waals surface area contributed by atoms with Gasteiger partial charge in [0, 0.05) is 31.1 Å². The highest BCUT2D eigenvalue weighted by Crippen LogP contribution is 2.16. The number of morpholine rings is 1. The molecular formula is C13H21ClN2OS. The molecule has 0 bridgehead atoms. The van der Waals surface area contributed by atoms with Gasteiger partial charge in [-0.15, -0.1) is 24.2 Å². The molecule has 1 atom stereocenters. The summed E-state index contributed by atoms with van der Waals surface area (Å²) < 4.78 is 5.56. The number of rotatable bonds is 4. The number of thioether (sulfide) groups is 1. The average Bonchev–Trinajstić information content (AvgIpc) is 2.40. The van der Waals surface area contributed by atoms with Crippen molar-refractivity contribution in [2.45, 2.75) is 17.5 Å². The number of hydrogen-bond acceptors (Lipinski definition) is 4. The molecule has 1 saturated heterocycles. The van der Waals surface area contributed by atoms with Crippen LogP contribution in [0.25, 0.3) is 0 Å². The van der Waals surface area contributed by atoms with E-state index in [9.17, 15) is 0 Å². The Hall–Kier alpha value is -0.260. The number of benzene rings is 1. The van der Waals surface area contributed by atoms with E-state index in [1.807, 2.05) is 0 Å². The van der Waals surface area contributed by atoms with E-state index in [4.69, 9.17) is 10.5 Å². The molecular weight excluding hydrogens is 268 g/mol. The van der Waals surface area contributed by atoms with Gasteiger partial charge in [0.05, 0.1) is 12.7 Å². The van der Waals surface area contributed by atoms with Crippen LogP contribution in [0.5, 0.6) is 0 Å². The van der Waals surface area contributed by atoms with Gasteiger partial charge in [-0.1, -0.05) is 12.1 Å². The number of nitrogens with two attached hydrogens (primary N) is 1. The van der Waals surface area contributed by atoms with Crippen molar-refractivity contribution in [3.05, 3.63) is 29.8 Å². The van der Waals surface area contributed by atoms with E-state index in [0.29, 0.717) is 6.54 Å². The zero-order valence-corrected chi connectivity index (χ0v) is 12.3. The number of nitrogens with zero attached hydrogens (tertiary/aromatic N) is 1. The van der Waals surface area contributed by atoms with Crippen LogP contribution in [0.4, 0.5) is 0 Å². The number of halogens is 1. The van der Waals surface area contributed by atoms with E-state index < -0.39 is 0 Å². The van der Waals surface area contributed by atoms with Crippen molar-refractivity contribution < 1.29 is 4.74 Å². The lowest BCUT2D eigenvalue weighted by atomic mass is 10.2. The van der Waals surface area contributed by atoms with E-state index in [-0.39, 0.29) is 18.5 Å². The summed E-state index contributed by atoms with van der Waals surface area (Å²) in [6, 6.07) is 8.78. The summed E-state index contributed by atoms with van der Waals surface area (Å²) in [6.45, 7) is 4.35. The van der Waals surface area contributed by atoms with Crippen LogP contribution in [0.3, 0.4) is 0 Å². The van der Waals surface area contributed by atoms with E-state index in [1.165, 1.54) is 10.5 Å². The zero-order valence-electron chi connectivity index (χ0n) is 10.7. The monoisotopic (exact) mass is 288 g/mol. The molecule has 2 rings (SSSR count). The third-order valence-electron chi connectivity index (χ3n) is 3.05. The second kappa shape index (κ2) is 8.02. The van der Waals surface area contributed by atoms with Gasteiger partial charge < -0.3 is 10.5 Å². The van der Waals surface area contributed by atoms with Gasteiger partial charge in [0.15, 0.2) is 0 Å². The van der Waals surface area contributed by atoms with E-state index in [2.05, 4.69) is 35.4 Å². The molecule has 0 aliphatic carbocycles. The molecule has 1 heterocycles. The van der Waals surface area contributed by atoms with E-state index in [0.717, 1.165) is 26.2 Å². The maximum atomic E-state index is 5.64. The summed E-state index contributed by atoms with van der Waals surface area (Å²) in [5.41, 5.74) is 7.00. The standard InChI is InChI=1S/C13H20N2OS.ClH/c1-17-13-4-2-11(3-5-13)9-15-6-7-16-12(8-14)10-15;/h2-5,12H,6-10,14H2,1H3;1H. The fraction of sp³-hybridized carbons (Fsp3) is 0.538. The van der Waals surface area contributed by atoms with Crippen LogP contribution in [-0.4, -0.2) is 43.5 Å². The molecule has 1 aromatic carbocycles. The van der Waals surface area contributed by atoms with Crippen molar-refractivity contribution in [3.63, 3.8) is 0 Å². The molecule has 0 amide bonds. The molecule has 0 aromatic heterocycles. The van der Waals surface area contributed by atoms with Crippen LogP contribution in [0, 0.1) is 0 Å². The third kappa shape index (κ3) is 4.44. The molecule has 3 nitrogen and oxygen atoms in total. The summed E-state index contributed by atoms with van der Waals surface area (Å²) in [6.07, 6.45) is 2.30. The van der Waals surface area contributed by atoms with Gasteiger partial charge in [-0.2, -0.15) is 0 Å². The Balaban J connectivity index is 0.00000162. The molecule has 18 heavy (non-hydrogen) atoms. The van der Waals surface area contributed by atoms with E-state index >= 15 is 0 Å². The Kier molecular flexibility index (Phi) is 7.04. The van der Waals surface area contributed by atoms with Crippen molar-refractivity contribution >= 4 is 24.2 Å². The molecule has 0 saturated carbocycles. The second-order valence-electron chi connectivity index (χ2n) is 4.31. The van der Waals surface area contributed by atoms with Crippen molar-refractivity contribution in [1.82, 2.24) is 4.90 Å². The maximum Gasteiger partial charge on any atom is 0.0824 e. The first kappa shape index (κ1) is 15.8. The molecule has 2 N–H and O–H groups in total. The quantitative estimate of drug-likeness (QED) is 0.860. The summed E-state index contributed by atoms with van der Waals surface area (Å²) in [5.74, 6) is 0. The second-order valence-corrected chi connectivity index (χ2v) is 5.19. The van der Waals surface area contributed by atoms with Crippen LogP contribution >= 0.6 is 24.2 Å². The minimum absolute atomic E-state index is 0. The first-order chi connectivity index (χ1) is 8.31. The van der Waals surface area contributed by atoms with Gasteiger partial charge in [0.25, 0.3) is 0 Å². The Morgan fingerprint density at radius 2 is 2.11 bits per heavy atom. The average molecular weight is 289 g/mol. The highest BCUT2D eigenvalue weighted by Gasteiger charge is 2.18. The molecule has 1 unspecified atom stereocenters. The minimum atomic E-state index is 0. The molecule has 102 valence electrons. The van der Waals surface area contributed by atoms with Crippen molar-refractivity contribution in [2.75, 3.05) is 32.5 Å². The highest BCUT2D eigenvalue weighted by molar-refractivity contribution is 7.98. The summed E-state index contributed by atoms with van der Waals surface area (Å²) in [5, 5.41) is 0. The van der Waals surface area contributed by atoms with Crippen molar-refractivity contribution in [1.29, 1.82) is 0 Å². The van der Waals surface area contributed by atoms with Crippen LogP contribution in [0.1, 0.15) is 5.56 Å². The van der Waals surface area contributed by atoms with Gasteiger partial charge in [-0.05, 0) is 24.0 Å². The first-order valence-corrected chi connectivity index (χ1v) is 7.21. The smallest absolute Gasteiger partial charge is 0.0824 e. The summed E-state index contributed by atoms with van der Waals surface area (Å²) in [7, 11) is 0. The lowest BCUT2D eigenvalue weighted by Crippen LogP contribution is -2.45. The fourth-order valence-corrected chi connectivity index (χ4v) is 2.46. The molecule has 1 fully saturated rings. The number of hydrogen-bond donors (Lipinski definition) is 1. The molecule has 1 aliphatic heterocycles. The number of ether oxygens (including phenoxy) is 1. The highest BCUT2D eigenvalue weighted by atomic mass is 35.5. The lowest BCUT2D eigenvalue weighted by molar-refractivity contribution is -0.0260. The Morgan fingerprint density at radius 3 is 2.72 bits per heavy atom. The molecule has 1 aromatic rings. The van der Waals surface area contributed by atoms with Gasteiger partial charge in [0.2, 0.25) is 0 Å². The predicted molar refractivity (Wildman–Crippen MR) is 79.5 cm³/mol. The van der Waals surface area contributed by atoms with Crippen molar-refractivity contribution in [2.24, 2.45) is 5.73 Å². The minimum Gasteiger partial charge on any atom is -0.374 e. The Bertz CT molecular complexity index is 347. The van der Waals surface area contributed by atoms with Crippen LogP contribution in [0.2, 0.25) is 0 Å².